The lowest BCUT2D eigenvalue weighted by atomic mass is 9.96. The lowest BCUT2D eigenvalue weighted by Crippen LogP contribution is -2.16. The molecule has 7 nitrogen and oxygen atoms in total. The molecule has 0 aliphatic heterocycles. The Kier molecular flexibility index (Phi) is 7.47. The van der Waals surface area contributed by atoms with Crippen molar-refractivity contribution in [3.05, 3.63) is 118 Å². The number of pyridine rings is 1. The third-order valence-corrected chi connectivity index (χ3v) is 5.55. The summed E-state index contributed by atoms with van der Waals surface area (Å²) in [4.78, 5) is 28.4. The minimum absolute atomic E-state index is 0.0726. The van der Waals surface area contributed by atoms with Crippen molar-refractivity contribution in [2.75, 3.05) is 17.2 Å². The predicted octanol–water partition coefficient (Wildman–Crippen LogP) is 6.58. The van der Waals surface area contributed by atoms with E-state index in [0.29, 0.717) is 24.1 Å². The van der Waals surface area contributed by atoms with Gasteiger partial charge in [-0.3, -0.25) is 19.9 Å². The summed E-state index contributed by atoms with van der Waals surface area (Å²) in [6.45, 7) is 0.383. The first kappa shape index (κ1) is 25.4. The number of carbonyl (C=O) groups is 1. The number of nitro benzene ring substituents is 1. The summed E-state index contributed by atoms with van der Waals surface area (Å²) in [5, 5.41) is 17.2. The molecule has 3 aromatic carbocycles. The van der Waals surface area contributed by atoms with Gasteiger partial charge in [0, 0.05) is 42.2 Å². The van der Waals surface area contributed by atoms with E-state index in [1.165, 1.54) is 18.2 Å². The molecule has 1 heterocycles. The molecule has 1 aromatic heterocycles. The van der Waals surface area contributed by atoms with Crippen molar-refractivity contribution < 1.29 is 22.9 Å². The van der Waals surface area contributed by atoms with Crippen molar-refractivity contribution in [1.82, 2.24) is 4.98 Å². The first-order valence-corrected chi connectivity index (χ1v) is 11.2. The number of carbonyl (C=O) groups excluding carboxylic acids is 1. The molecule has 0 saturated carbocycles. The number of hydrogen-bond donors (Lipinski definition) is 2. The summed E-state index contributed by atoms with van der Waals surface area (Å²) in [6.07, 6.45) is -2.46. The van der Waals surface area contributed by atoms with Gasteiger partial charge in [-0.1, -0.05) is 42.5 Å². The number of alkyl halides is 3. The molecule has 4 rings (SSSR count). The average molecular weight is 506 g/mol. The van der Waals surface area contributed by atoms with Gasteiger partial charge in [0.25, 0.3) is 11.6 Å². The van der Waals surface area contributed by atoms with Crippen LogP contribution in [0.2, 0.25) is 0 Å². The van der Waals surface area contributed by atoms with Crippen molar-refractivity contribution in [1.29, 1.82) is 0 Å². The second-order valence-corrected chi connectivity index (χ2v) is 8.07. The van der Waals surface area contributed by atoms with Gasteiger partial charge in [0.2, 0.25) is 0 Å². The molecule has 10 heteroatoms. The second-order valence-electron chi connectivity index (χ2n) is 8.07. The number of nitrogens with zero attached hydrogens (tertiary/aromatic N) is 2. The van der Waals surface area contributed by atoms with Crippen molar-refractivity contribution in [3.63, 3.8) is 0 Å². The molecule has 2 N–H and O–H groups in total. The first-order chi connectivity index (χ1) is 17.7. The molecule has 0 atom stereocenters. The average Bonchev–Trinajstić information content (AvgIpc) is 2.89. The quantitative estimate of drug-likeness (QED) is 0.208. The molecule has 4 aromatic rings. The molecule has 0 unspecified atom stereocenters. The van der Waals surface area contributed by atoms with Gasteiger partial charge < -0.3 is 10.6 Å². The fourth-order valence-electron chi connectivity index (χ4n) is 3.76. The van der Waals surface area contributed by atoms with E-state index in [4.69, 9.17) is 0 Å². The van der Waals surface area contributed by atoms with Crippen LogP contribution in [0.4, 0.5) is 30.2 Å². The zero-order valence-corrected chi connectivity index (χ0v) is 19.3. The summed E-state index contributed by atoms with van der Waals surface area (Å²) >= 11 is 0. The molecule has 0 aliphatic rings. The van der Waals surface area contributed by atoms with Crippen LogP contribution in [0.15, 0.2) is 91.1 Å². The van der Waals surface area contributed by atoms with Crippen LogP contribution in [0, 0.1) is 10.1 Å². The highest BCUT2D eigenvalue weighted by Crippen LogP contribution is 2.34. The molecule has 0 fully saturated rings. The van der Waals surface area contributed by atoms with E-state index in [1.54, 1.807) is 42.6 Å². The van der Waals surface area contributed by atoms with Gasteiger partial charge in [0.15, 0.2) is 0 Å². The van der Waals surface area contributed by atoms with Crippen LogP contribution in [0.1, 0.15) is 21.6 Å². The van der Waals surface area contributed by atoms with Crippen molar-refractivity contribution >= 4 is 23.0 Å². The fourth-order valence-corrected chi connectivity index (χ4v) is 3.76. The maximum Gasteiger partial charge on any atom is 0.416 e. The van der Waals surface area contributed by atoms with Crippen molar-refractivity contribution in [2.24, 2.45) is 0 Å². The largest absolute Gasteiger partial charge is 0.416 e. The highest BCUT2D eigenvalue weighted by molar-refractivity contribution is 6.09. The van der Waals surface area contributed by atoms with Crippen LogP contribution in [-0.2, 0) is 12.6 Å². The molecule has 0 saturated heterocycles. The Balaban J connectivity index is 1.58. The van der Waals surface area contributed by atoms with E-state index in [1.807, 2.05) is 12.1 Å². The van der Waals surface area contributed by atoms with Gasteiger partial charge in [-0.25, -0.2) is 0 Å². The molecule has 0 aliphatic carbocycles. The standard InChI is InChI=1S/C27H21F3N4O3/c28-27(29,30)19-9-11-22(18-6-2-1-3-7-18)23(16-19)26(35)33-21-10-12-24(25(17-21)34(36)37)32-15-13-20-8-4-5-14-31-20/h1-12,14,16-17,32H,13,15H2,(H,33,35). The fraction of sp³-hybridized carbons (Fsp3) is 0.111. The molecule has 1 amide bonds. The topological polar surface area (TPSA) is 97.2 Å². The molecular weight excluding hydrogens is 485 g/mol. The van der Waals surface area contributed by atoms with Gasteiger partial charge in [-0.2, -0.15) is 13.2 Å². The van der Waals surface area contributed by atoms with Crippen molar-refractivity contribution in [2.45, 2.75) is 12.6 Å². The molecule has 0 bridgehead atoms. The number of benzene rings is 3. The Labute approximate surface area is 210 Å². The number of aromatic nitrogens is 1. The second kappa shape index (κ2) is 10.9. The number of nitrogens with one attached hydrogen (secondary N) is 2. The minimum Gasteiger partial charge on any atom is -0.379 e. The highest BCUT2D eigenvalue weighted by Gasteiger charge is 2.32. The smallest absolute Gasteiger partial charge is 0.379 e. The van der Waals surface area contributed by atoms with Crippen LogP contribution < -0.4 is 10.6 Å². The van der Waals surface area contributed by atoms with Crippen molar-refractivity contribution in [3.8, 4) is 11.1 Å². The van der Waals surface area contributed by atoms with Crippen LogP contribution in [0.3, 0.4) is 0 Å². The van der Waals surface area contributed by atoms with Gasteiger partial charge >= 0.3 is 6.18 Å². The number of anilines is 2. The lowest BCUT2D eigenvalue weighted by molar-refractivity contribution is -0.383. The third kappa shape index (κ3) is 6.29. The molecule has 0 radical (unpaired) electrons. The third-order valence-electron chi connectivity index (χ3n) is 5.55. The van der Waals surface area contributed by atoms with E-state index < -0.39 is 22.6 Å². The van der Waals surface area contributed by atoms with Crippen LogP contribution in [-0.4, -0.2) is 22.4 Å². The predicted molar refractivity (Wildman–Crippen MR) is 134 cm³/mol. The maximum atomic E-state index is 13.4. The van der Waals surface area contributed by atoms with E-state index >= 15 is 0 Å². The van der Waals surface area contributed by atoms with Gasteiger partial charge in [0.05, 0.1) is 10.5 Å². The van der Waals surface area contributed by atoms with E-state index in [0.717, 1.165) is 23.9 Å². The zero-order valence-electron chi connectivity index (χ0n) is 19.3. The van der Waals surface area contributed by atoms with Gasteiger partial charge in [-0.05, 0) is 47.5 Å². The maximum absolute atomic E-state index is 13.4. The van der Waals surface area contributed by atoms with E-state index in [2.05, 4.69) is 15.6 Å². The zero-order chi connectivity index (χ0) is 26.4. The monoisotopic (exact) mass is 506 g/mol. The number of halogens is 3. The highest BCUT2D eigenvalue weighted by atomic mass is 19.4. The Morgan fingerprint density at radius 2 is 1.70 bits per heavy atom. The minimum atomic E-state index is -4.65. The number of rotatable bonds is 8. The summed E-state index contributed by atoms with van der Waals surface area (Å²) < 4.78 is 40.1. The van der Waals surface area contributed by atoms with Crippen LogP contribution in [0.25, 0.3) is 11.1 Å². The first-order valence-electron chi connectivity index (χ1n) is 11.2. The Hall–Kier alpha value is -4.73. The molecule has 188 valence electrons. The summed E-state index contributed by atoms with van der Waals surface area (Å²) in [7, 11) is 0. The number of amides is 1. The van der Waals surface area contributed by atoms with Crippen LogP contribution >= 0.6 is 0 Å². The van der Waals surface area contributed by atoms with E-state index in [-0.39, 0.29) is 22.6 Å². The normalized spacial score (nSPS) is 11.1. The summed E-state index contributed by atoms with van der Waals surface area (Å²) in [5.41, 5.74) is 0.514. The summed E-state index contributed by atoms with van der Waals surface area (Å²) in [5.74, 6) is -0.824. The molecule has 37 heavy (non-hydrogen) atoms. The lowest BCUT2D eigenvalue weighted by Gasteiger charge is -2.15. The Morgan fingerprint density at radius 1 is 0.946 bits per heavy atom. The Morgan fingerprint density at radius 3 is 2.38 bits per heavy atom. The SMILES string of the molecule is O=C(Nc1ccc(NCCc2ccccn2)c([N+](=O)[O-])c1)c1cc(C(F)(F)F)ccc1-c1ccccc1. The van der Waals surface area contributed by atoms with Gasteiger partial charge in [-0.15, -0.1) is 0 Å². The van der Waals surface area contributed by atoms with E-state index in [9.17, 15) is 28.1 Å². The number of nitro groups is 1. The number of hydrogen-bond acceptors (Lipinski definition) is 5. The molecular formula is C27H21F3N4O3. The molecule has 0 spiro atoms. The Bertz CT molecular complexity index is 1410. The van der Waals surface area contributed by atoms with Crippen LogP contribution in [0.5, 0.6) is 0 Å². The van der Waals surface area contributed by atoms with Gasteiger partial charge in [0.1, 0.15) is 5.69 Å². The summed E-state index contributed by atoms with van der Waals surface area (Å²) in [6, 6.07) is 21.0.